The van der Waals surface area contributed by atoms with Crippen LogP contribution in [0.2, 0.25) is 0 Å². The van der Waals surface area contributed by atoms with Crippen molar-refractivity contribution in [1.82, 2.24) is 0 Å². The van der Waals surface area contributed by atoms with E-state index in [-0.39, 0.29) is 0 Å². The Hall–Kier alpha value is -0.390. The number of thioether (sulfide) groups is 1. The molecule has 74 valence electrons. The van der Waals surface area contributed by atoms with Crippen LogP contribution < -0.4 is 0 Å². The second kappa shape index (κ2) is 6.98. The molecule has 0 aliphatic rings. The minimum atomic E-state index is 0.926. The molecule has 0 spiro atoms. The summed E-state index contributed by atoms with van der Waals surface area (Å²) in [7, 11) is 0. The van der Waals surface area contributed by atoms with E-state index in [1.165, 1.54) is 10.0 Å². The van der Waals surface area contributed by atoms with Crippen molar-refractivity contribution in [1.29, 1.82) is 0 Å². The van der Waals surface area contributed by atoms with Crippen LogP contribution in [0.25, 0.3) is 0 Å². The van der Waals surface area contributed by atoms with Gasteiger partial charge in [0.15, 0.2) is 0 Å². The van der Waals surface area contributed by atoms with Crippen molar-refractivity contribution in [2.24, 2.45) is 0 Å². The molecule has 1 aromatic carbocycles. The molecule has 2 heteroatoms. The molecule has 0 radical (unpaired) electrons. The lowest BCUT2D eigenvalue weighted by atomic mass is 10.2. The van der Waals surface area contributed by atoms with E-state index in [9.17, 15) is 0 Å². The lowest BCUT2D eigenvalue weighted by Crippen LogP contribution is -1.82. The third kappa shape index (κ3) is 4.21. The van der Waals surface area contributed by atoms with Gasteiger partial charge in [0.1, 0.15) is 0 Å². The van der Waals surface area contributed by atoms with E-state index in [1.807, 2.05) is 17.8 Å². The zero-order valence-corrected chi connectivity index (χ0v) is 10.6. The molecule has 0 fully saturated rings. The van der Waals surface area contributed by atoms with Gasteiger partial charge in [0, 0.05) is 16.6 Å². The van der Waals surface area contributed by atoms with Crippen molar-refractivity contribution >= 4 is 27.7 Å². The smallest absolute Gasteiger partial charge is 0.0550 e. The van der Waals surface area contributed by atoms with Gasteiger partial charge in [-0.15, -0.1) is 17.7 Å². The van der Waals surface area contributed by atoms with Crippen LogP contribution in [0.5, 0.6) is 0 Å². The van der Waals surface area contributed by atoms with Gasteiger partial charge in [-0.1, -0.05) is 47.0 Å². The van der Waals surface area contributed by atoms with Crippen molar-refractivity contribution in [2.75, 3.05) is 5.75 Å². The van der Waals surface area contributed by atoms with E-state index in [2.05, 4.69) is 52.9 Å². The summed E-state index contributed by atoms with van der Waals surface area (Å²) in [5.74, 6) is 8.14. The van der Waals surface area contributed by atoms with Crippen molar-refractivity contribution in [2.45, 2.75) is 19.1 Å². The van der Waals surface area contributed by atoms with E-state index >= 15 is 0 Å². The Morgan fingerprint density at radius 3 is 2.79 bits per heavy atom. The van der Waals surface area contributed by atoms with Crippen LogP contribution in [-0.2, 0) is 5.75 Å². The predicted molar refractivity (Wildman–Crippen MR) is 68.4 cm³/mol. The molecule has 0 bridgehead atoms. The molecular formula is C12H13BrS. The molecule has 14 heavy (non-hydrogen) atoms. The number of hydrogen-bond donors (Lipinski definition) is 0. The molecule has 0 amide bonds. The van der Waals surface area contributed by atoms with Gasteiger partial charge >= 0.3 is 0 Å². The van der Waals surface area contributed by atoms with Crippen LogP contribution in [0.3, 0.4) is 0 Å². The highest BCUT2D eigenvalue weighted by Gasteiger charge is 1.96. The van der Waals surface area contributed by atoms with Gasteiger partial charge in [0.05, 0.1) is 5.75 Å². The molecule has 0 N–H and O–H groups in total. The molecule has 0 saturated carbocycles. The minimum Gasteiger partial charge on any atom is -0.144 e. The quantitative estimate of drug-likeness (QED) is 0.588. The third-order valence-electron chi connectivity index (χ3n) is 1.69. The molecule has 0 unspecified atom stereocenters. The zero-order valence-electron chi connectivity index (χ0n) is 8.22. The Morgan fingerprint density at radius 1 is 1.29 bits per heavy atom. The van der Waals surface area contributed by atoms with E-state index < -0.39 is 0 Å². The molecule has 0 atom stereocenters. The summed E-state index contributed by atoms with van der Waals surface area (Å²) in [5, 5.41) is 0. The predicted octanol–water partition coefficient (Wildman–Crippen LogP) is 4.10. The lowest BCUT2D eigenvalue weighted by Gasteiger charge is -2.01. The van der Waals surface area contributed by atoms with Crippen LogP contribution in [0.4, 0.5) is 0 Å². The third-order valence-corrected chi connectivity index (χ3v) is 3.33. The monoisotopic (exact) mass is 268 g/mol. The van der Waals surface area contributed by atoms with Crippen molar-refractivity contribution in [3.8, 4) is 11.8 Å². The minimum absolute atomic E-state index is 0.926. The van der Waals surface area contributed by atoms with Gasteiger partial charge in [-0.2, -0.15) is 0 Å². The Labute approximate surface area is 98.6 Å². The molecule has 0 nitrogen and oxygen atoms in total. The van der Waals surface area contributed by atoms with Gasteiger partial charge in [-0.3, -0.25) is 0 Å². The second-order valence-electron chi connectivity index (χ2n) is 2.79. The Morgan fingerprint density at radius 2 is 2.07 bits per heavy atom. The Bertz CT molecular complexity index is 336. The molecule has 0 aliphatic carbocycles. The average Bonchev–Trinajstić information content (AvgIpc) is 2.20. The summed E-state index contributed by atoms with van der Waals surface area (Å²) in [6, 6.07) is 8.32. The molecule has 0 aliphatic heterocycles. The Kier molecular flexibility index (Phi) is 5.82. The first-order valence-corrected chi connectivity index (χ1v) is 6.56. The first kappa shape index (κ1) is 11.7. The van der Waals surface area contributed by atoms with Gasteiger partial charge < -0.3 is 0 Å². The lowest BCUT2D eigenvalue weighted by molar-refractivity contribution is 1.28. The van der Waals surface area contributed by atoms with Crippen LogP contribution in [-0.4, -0.2) is 5.75 Å². The number of benzene rings is 1. The van der Waals surface area contributed by atoms with E-state index in [0.717, 1.165) is 17.9 Å². The topological polar surface area (TPSA) is 0 Å². The number of rotatable bonds is 3. The molecule has 0 saturated heterocycles. The van der Waals surface area contributed by atoms with Gasteiger partial charge in [0.25, 0.3) is 0 Å². The summed E-state index contributed by atoms with van der Waals surface area (Å²) in [6.07, 6.45) is 0.954. The largest absolute Gasteiger partial charge is 0.144 e. The summed E-state index contributed by atoms with van der Waals surface area (Å²) in [4.78, 5) is 0. The molecule has 0 heterocycles. The van der Waals surface area contributed by atoms with Gasteiger partial charge in [-0.05, 0) is 11.6 Å². The van der Waals surface area contributed by atoms with E-state index in [4.69, 9.17) is 0 Å². The highest BCUT2D eigenvalue weighted by molar-refractivity contribution is 9.10. The van der Waals surface area contributed by atoms with Crippen LogP contribution in [0, 0.1) is 11.8 Å². The first-order chi connectivity index (χ1) is 6.84. The second-order valence-corrected chi connectivity index (χ2v) is 4.63. The van der Waals surface area contributed by atoms with Crippen molar-refractivity contribution in [3.63, 3.8) is 0 Å². The highest BCUT2D eigenvalue weighted by Crippen LogP contribution is 2.20. The normalized spacial score (nSPS) is 9.29. The summed E-state index contributed by atoms with van der Waals surface area (Å²) in [5.41, 5.74) is 1.34. The molecule has 1 aromatic rings. The van der Waals surface area contributed by atoms with Crippen LogP contribution >= 0.6 is 27.7 Å². The number of hydrogen-bond acceptors (Lipinski definition) is 1. The molecule has 1 rings (SSSR count). The Balaban J connectivity index is 2.35. The summed E-state index contributed by atoms with van der Waals surface area (Å²) >= 11 is 5.39. The van der Waals surface area contributed by atoms with Crippen molar-refractivity contribution in [3.05, 3.63) is 34.3 Å². The highest BCUT2D eigenvalue weighted by atomic mass is 79.9. The van der Waals surface area contributed by atoms with E-state index in [0.29, 0.717) is 0 Å². The zero-order chi connectivity index (χ0) is 10.2. The fourth-order valence-corrected chi connectivity index (χ4v) is 2.39. The molecular weight excluding hydrogens is 256 g/mol. The maximum Gasteiger partial charge on any atom is 0.0550 e. The van der Waals surface area contributed by atoms with Crippen LogP contribution in [0.1, 0.15) is 18.9 Å². The van der Waals surface area contributed by atoms with Gasteiger partial charge in [-0.25, -0.2) is 0 Å². The maximum absolute atomic E-state index is 3.53. The van der Waals surface area contributed by atoms with E-state index in [1.54, 1.807) is 0 Å². The fraction of sp³-hybridized carbons (Fsp3) is 0.333. The summed E-state index contributed by atoms with van der Waals surface area (Å²) < 4.78 is 1.19. The maximum atomic E-state index is 3.53. The molecule has 0 aromatic heterocycles. The standard InChI is InChI=1S/C12H13BrS/c1-2-3-6-9-14-10-11-7-4-5-8-12(11)13/h4-5,7-8H,2,9-10H2,1H3. The number of halogens is 1. The van der Waals surface area contributed by atoms with Crippen molar-refractivity contribution < 1.29 is 0 Å². The average molecular weight is 269 g/mol. The fourth-order valence-electron chi connectivity index (χ4n) is 1.00. The SMILES string of the molecule is CCC#CCSCc1ccccc1Br. The van der Waals surface area contributed by atoms with Gasteiger partial charge in [0.2, 0.25) is 0 Å². The first-order valence-electron chi connectivity index (χ1n) is 4.61. The van der Waals surface area contributed by atoms with Crippen LogP contribution in [0.15, 0.2) is 28.7 Å². The summed E-state index contributed by atoms with van der Waals surface area (Å²) in [6.45, 7) is 2.07.